The van der Waals surface area contributed by atoms with Crippen molar-refractivity contribution < 1.29 is 4.52 Å². The number of nitrogens with one attached hydrogen (secondary N) is 1. The first kappa shape index (κ1) is 14.7. The molecule has 1 aromatic carbocycles. The summed E-state index contributed by atoms with van der Waals surface area (Å²) in [6.07, 6.45) is 2.36. The third kappa shape index (κ3) is 2.90. The second-order valence-corrected chi connectivity index (χ2v) is 7.25. The Morgan fingerprint density at radius 1 is 1.38 bits per heavy atom. The highest BCUT2D eigenvalue weighted by molar-refractivity contribution is 9.10. The molecule has 0 spiro atoms. The Hall–Kier alpha value is -1.20. The fraction of sp³-hybridized carbons (Fsp3) is 0.500. The first-order valence-electron chi connectivity index (χ1n) is 7.31. The Morgan fingerprint density at radius 2 is 2.19 bits per heavy atom. The van der Waals surface area contributed by atoms with E-state index in [1.54, 1.807) is 0 Å². The van der Waals surface area contributed by atoms with Crippen molar-refractivity contribution in [2.45, 2.75) is 39.7 Å². The lowest BCUT2D eigenvalue weighted by molar-refractivity contribution is 0.146. The molecule has 2 aromatic rings. The standard InChI is InChI=1S/C16H20BrN3O/c1-10-5-6-11(9-12(10)17)14-19-15(21-20-14)13-16(2,3)7-4-8-18-13/h5-6,9,13,18H,4,7-8H2,1-3H3. The maximum atomic E-state index is 5.53. The largest absolute Gasteiger partial charge is 0.337 e. The summed E-state index contributed by atoms with van der Waals surface area (Å²) in [6, 6.07) is 6.23. The zero-order chi connectivity index (χ0) is 15.0. The zero-order valence-corrected chi connectivity index (χ0v) is 14.2. The fourth-order valence-electron chi connectivity index (χ4n) is 2.83. The summed E-state index contributed by atoms with van der Waals surface area (Å²) in [5.41, 5.74) is 2.30. The normalized spacial score (nSPS) is 21.4. The average Bonchev–Trinajstić information content (AvgIpc) is 2.91. The van der Waals surface area contributed by atoms with E-state index in [1.807, 2.05) is 12.1 Å². The van der Waals surface area contributed by atoms with E-state index in [0.717, 1.165) is 16.6 Å². The maximum absolute atomic E-state index is 5.53. The van der Waals surface area contributed by atoms with Crippen LogP contribution in [0.3, 0.4) is 0 Å². The Kier molecular flexibility index (Phi) is 3.88. The first-order valence-corrected chi connectivity index (χ1v) is 8.10. The van der Waals surface area contributed by atoms with Gasteiger partial charge < -0.3 is 9.84 Å². The van der Waals surface area contributed by atoms with Gasteiger partial charge in [-0.25, -0.2) is 0 Å². The van der Waals surface area contributed by atoms with Crippen molar-refractivity contribution in [1.82, 2.24) is 15.5 Å². The number of rotatable bonds is 2. The molecule has 21 heavy (non-hydrogen) atoms. The molecule has 0 saturated carbocycles. The van der Waals surface area contributed by atoms with E-state index < -0.39 is 0 Å². The van der Waals surface area contributed by atoms with Gasteiger partial charge in [-0.2, -0.15) is 4.98 Å². The van der Waals surface area contributed by atoms with Gasteiger partial charge in [-0.1, -0.05) is 47.1 Å². The Morgan fingerprint density at radius 3 is 2.90 bits per heavy atom. The third-order valence-corrected chi connectivity index (χ3v) is 5.10. The molecule has 5 heteroatoms. The van der Waals surface area contributed by atoms with Crippen molar-refractivity contribution in [2.75, 3.05) is 6.54 Å². The second-order valence-electron chi connectivity index (χ2n) is 6.40. The first-order chi connectivity index (χ1) is 9.97. The highest BCUT2D eigenvalue weighted by atomic mass is 79.9. The molecule has 0 radical (unpaired) electrons. The molecule has 1 saturated heterocycles. The SMILES string of the molecule is Cc1ccc(-c2noc(C3NCCCC3(C)C)n2)cc1Br. The molecule has 1 N–H and O–H groups in total. The van der Waals surface area contributed by atoms with Crippen LogP contribution in [0.2, 0.25) is 0 Å². The minimum absolute atomic E-state index is 0.126. The van der Waals surface area contributed by atoms with E-state index in [-0.39, 0.29) is 11.5 Å². The van der Waals surface area contributed by atoms with Crippen molar-refractivity contribution >= 4 is 15.9 Å². The lowest BCUT2D eigenvalue weighted by Gasteiger charge is -2.36. The Bertz CT molecular complexity index is 651. The molecule has 1 unspecified atom stereocenters. The summed E-state index contributed by atoms with van der Waals surface area (Å²) >= 11 is 3.55. The lowest BCUT2D eigenvalue weighted by atomic mass is 9.77. The van der Waals surface area contributed by atoms with Crippen LogP contribution in [0.4, 0.5) is 0 Å². The number of nitrogens with zero attached hydrogens (tertiary/aromatic N) is 2. The van der Waals surface area contributed by atoms with Gasteiger partial charge in [-0.15, -0.1) is 0 Å². The summed E-state index contributed by atoms with van der Waals surface area (Å²) in [4.78, 5) is 4.61. The summed E-state index contributed by atoms with van der Waals surface area (Å²) in [5.74, 6) is 1.33. The molecule has 112 valence electrons. The van der Waals surface area contributed by atoms with Crippen LogP contribution >= 0.6 is 15.9 Å². The number of aromatic nitrogens is 2. The monoisotopic (exact) mass is 349 g/mol. The minimum atomic E-state index is 0.126. The molecular weight excluding hydrogens is 330 g/mol. The molecular formula is C16H20BrN3O. The van der Waals surface area contributed by atoms with Crippen molar-refractivity contribution in [3.8, 4) is 11.4 Å². The van der Waals surface area contributed by atoms with Gasteiger partial charge in [0, 0.05) is 10.0 Å². The van der Waals surface area contributed by atoms with Crippen LogP contribution in [0.25, 0.3) is 11.4 Å². The number of aryl methyl sites for hydroxylation is 1. The Balaban J connectivity index is 1.90. The minimum Gasteiger partial charge on any atom is -0.337 e. The molecule has 0 bridgehead atoms. The summed E-state index contributed by atoms with van der Waals surface area (Å²) in [6.45, 7) is 7.55. The van der Waals surface area contributed by atoms with Crippen molar-refractivity contribution in [1.29, 1.82) is 0 Å². The van der Waals surface area contributed by atoms with Crippen LogP contribution in [0, 0.1) is 12.3 Å². The topological polar surface area (TPSA) is 51.0 Å². The van der Waals surface area contributed by atoms with Gasteiger partial charge >= 0.3 is 0 Å². The van der Waals surface area contributed by atoms with E-state index in [2.05, 4.69) is 58.2 Å². The van der Waals surface area contributed by atoms with Crippen LogP contribution in [-0.4, -0.2) is 16.7 Å². The molecule has 1 fully saturated rings. The lowest BCUT2D eigenvalue weighted by Crippen LogP contribution is -2.39. The van der Waals surface area contributed by atoms with E-state index in [9.17, 15) is 0 Å². The van der Waals surface area contributed by atoms with Gasteiger partial charge in [0.15, 0.2) is 0 Å². The van der Waals surface area contributed by atoms with E-state index in [0.29, 0.717) is 11.7 Å². The number of hydrogen-bond donors (Lipinski definition) is 1. The van der Waals surface area contributed by atoms with Crippen molar-refractivity contribution in [2.24, 2.45) is 5.41 Å². The fourth-order valence-corrected chi connectivity index (χ4v) is 3.21. The summed E-state index contributed by atoms with van der Waals surface area (Å²) in [5, 5.41) is 7.66. The molecule has 1 aromatic heterocycles. The molecule has 0 amide bonds. The highest BCUT2D eigenvalue weighted by Gasteiger charge is 2.37. The average molecular weight is 350 g/mol. The quantitative estimate of drug-likeness (QED) is 0.879. The Labute approximate surface area is 133 Å². The summed E-state index contributed by atoms with van der Waals surface area (Å²) < 4.78 is 6.58. The molecule has 1 aliphatic heterocycles. The van der Waals surface area contributed by atoms with Crippen LogP contribution in [0.1, 0.15) is 44.2 Å². The number of hydrogen-bond acceptors (Lipinski definition) is 4. The second kappa shape index (κ2) is 5.54. The molecule has 3 rings (SSSR count). The van der Waals surface area contributed by atoms with Crippen LogP contribution < -0.4 is 5.32 Å². The maximum Gasteiger partial charge on any atom is 0.244 e. The molecule has 0 aliphatic carbocycles. The van der Waals surface area contributed by atoms with Gasteiger partial charge in [-0.05, 0) is 43.4 Å². The van der Waals surface area contributed by atoms with E-state index in [4.69, 9.17) is 4.52 Å². The van der Waals surface area contributed by atoms with Crippen LogP contribution in [-0.2, 0) is 0 Å². The van der Waals surface area contributed by atoms with Crippen molar-refractivity contribution in [3.63, 3.8) is 0 Å². The van der Waals surface area contributed by atoms with Gasteiger partial charge in [0.2, 0.25) is 11.7 Å². The van der Waals surface area contributed by atoms with E-state index in [1.165, 1.54) is 18.4 Å². The van der Waals surface area contributed by atoms with Gasteiger partial charge in [0.25, 0.3) is 0 Å². The molecule has 1 atom stereocenters. The van der Waals surface area contributed by atoms with Crippen LogP contribution in [0.5, 0.6) is 0 Å². The number of benzene rings is 1. The van der Waals surface area contributed by atoms with Gasteiger partial charge in [0.05, 0.1) is 6.04 Å². The number of piperidine rings is 1. The van der Waals surface area contributed by atoms with Crippen LogP contribution in [0.15, 0.2) is 27.2 Å². The predicted octanol–water partition coefficient (Wildman–Crippen LogP) is 4.26. The van der Waals surface area contributed by atoms with Gasteiger partial charge in [0.1, 0.15) is 0 Å². The van der Waals surface area contributed by atoms with E-state index >= 15 is 0 Å². The molecule has 2 heterocycles. The van der Waals surface area contributed by atoms with Gasteiger partial charge in [-0.3, -0.25) is 0 Å². The molecule has 1 aliphatic rings. The molecule has 4 nitrogen and oxygen atoms in total. The third-order valence-electron chi connectivity index (χ3n) is 4.25. The highest BCUT2D eigenvalue weighted by Crippen LogP contribution is 2.39. The number of halogens is 1. The van der Waals surface area contributed by atoms with Crippen molar-refractivity contribution in [3.05, 3.63) is 34.1 Å². The smallest absolute Gasteiger partial charge is 0.244 e. The zero-order valence-electron chi connectivity index (χ0n) is 12.6. The predicted molar refractivity (Wildman–Crippen MR) is 85.9 cm³/mol. The summed E-state index contributed by atoms with van der Waals surface area (Å²) in [7, 11) is 0.